The van der Waals surface area contributed by atoms with E-state index in [1.165, 1.54) is 6.07 Å². The number of halogens is 1. The van der Waals surface area contributed by atoms with E-state index in [9.17, 15) is 14.0 Å². The lowest BCUT2D eigenvalue weighted by atomic mass is 10.1. The van der Waals surface area contributed by atoms with E-state index in [-0.39, 0.29) is 36.0 Å². The first-order valence-electron chi connectivity index (χ1n) is 8.28. The summed E-state index contributed by atoms with van der Waals surface area (Å²) in [6, 6.07) is 5.02. The highest BCUT2D eigenvalue weighted by atomic mass is 19.1. The molecule has 0 radical (unpaired) electrons. The van der Waals surface area contributed by atoms with E-state index >= 15 is 0 Å². The Labute approximate surface area is 137 Å². The van der Waals surface area contributed by atoms with E-state index in [4.69, 9.17) is 0 Å². The fourth-order valence-corrected chi connectivity index (χ4v) is 3.14. The molecule has 1 aromatic rings. The van der Waals surface area contributed by atoms with E-state index in [1.807, 2.05) is 4.90 Å². The molecule has 0 saturated carbocycles. The van der Waals surface area contributed by atoms with Crippen molar-refractivity contribution in [2.45, 2.75) is 52.6 Å². The first kappa shape index (κ1) is 17.4. The molecule has 23 heavy (non-hydrogen) atoms. The minimum absolute atomic E-state index is 0.0662. The molecule has 1 aliphatic rings. The summed E-state index contributed by atoms with van der Waals surface area (Å²) in [5.41, 5.74) is 1.42. The zero-order valence-electron chi connectivity index (χ0n) is 14.1. The Hall–Kier alpha value is -1.91. The Morgan fingerprint density at radius 1 is 1.39 bits per heavy atom. The molecule has 1 N–H and O–H groups in total. The monoisotopic (exact) mass is 320 g/mol. The van der Waals surface area contributed by atoms with E-state index in [1.54, 1.807) is 19.1 Å². The predicted octanol–water partition coefficient (Wildman–Crippen LogP) is 2.79. The zero-order chi connectivity index (χ0) is 17.0. The second-order valence-electron chi connectivity index (χ2n) is 6.22. The Kier molecular flexibility index (Phi) is 5.74. The van der Waals surface area contributed by atoms with Gasteiger partial charge in [-0.05, 0) is 37.0 Å². The van der Waals surface area contributed by atoms with Gasteiger partial charge in [-0.2, -0.15) is 0 Å². The SMILES string of the molecule is CCC(CC)N1CC(C(=O)NCc2ccc(F)c(C)c2)CC1=O. The van der Waals surface area contributed by atoms with Gasteiger partial charge in [-0.3, -0.25) is 9.59 Å². The molecule has 0 bridgehead atoms. The normalized spacial score (nSPS) is 17.9. The van der Waals surface area contributed by atoms with Crippen LogP contribution in [-0.2, 0) is 16.1 Å². The van der Waals surface area contributed by atoms with E-state index < -0.39 is 0 Å². The van der Waals surface area contributed by atoms with Crippen LogP contribution in [0.5, 0.6) is 0 Å². The minimum atomic E-state index is -0.287. The molecule has 1 fully saturated rings. The van der Waals surface area contributed by atoms with Gasteiger partial charge in [0.2, 0.25) is 11.8 Å². The lowest BCUT2D eigenvalue weighted by Crippen LogP contribution is -2.37. The maximum absolute atomic E-state index is 13.2. The summed E-state index contributed by atoms with van der Waals surface area (Å²) in [5, 5.41) is 2.86. The van der Waals surface area contributed by atoms with Crippen molar-refractivity contribution in [2.24, 2.45) is 5.92 Å². The number of amides is 2. The van der Waals surface area contributed by atoms with Crippen LogP contribution in [-0.4, -0.2) is 29.3 Å². The van der Waals surface area contributed by atoms with Gasteiger partial charge in [0.1, 0.15) is 5.82 Å². The Morgan fingerprint density at radius 3 is 2.70 bits per heavy atom. The van der Waals surface area contributed by atoms with Gasteiger partial charge in [-0.25, -0.2) is 4.39 Å². The summed E-state index contributed by atoms with van der Waals surface area (Å²) in [6.45, 7) is 6.68. The van der Waals surface area contributed by atoms with Gasteiger partial charge in [0, 0.05) is 25.6 Å². The minimum Gasteiger partial charge on any atom is -0.352 e. The molecule has 2 rings (SSSR count). The van der Waals surface area contributed by atoms with Crippen LogP contribution < -0.4 is 5.32 Å². The smallest absolute Gasteiger partial charge is 0.225 e. The standard InChI is InChI=1S/C18H25FN2O2/c1-4-15(5-2)21-11-14(9-17(21)22)18(23)20-10-13-6-7-16(19)12(3)8-13/h6-8,14-15H,4-5,9-11H2,1-3H3,(H,20,23). The number of hydrogen-bond donors (Lipinski definition) is 1. The van der Waals surface area contributed by atoms with Crippen LogP contribution in [0.25, 0.3) is 0 Å². The fraction of sp³-hybridized carbons (Fsp3) is 0.556. The van der Waals surface area contributed by atoms with Crippen LogP contribution in [0.2, 0.25) is 0 Å². The van der Waals surface area contributed by atoms with E-state index in [2.05, 4.69) is 19.2 Å². The highest BCUT2D eigenvalue weighted by molar-refractivity contribution is 5.89. The first-order valence-corrected chi connectivity index (χ1v) is 8.28. The van der Waals surface area contributed by atoms with Crippen molar-refractivity contribution in [1.82, 2.24) is 10.2 Å². The molecule has 2 amide bonds. The lowest BCUT2D eigenvalue weighted by Gasteiger charge is -2.26. The van der Waals surface area contributed by atoms with E-state index in [0.717, 1.165) is 18.4 Å². The third-order valence-electron chi connectivity index (χ3n) is 4.60. The van der Waals surface area contributed by atoms with Gasteiger partial charge in [-0.15, -0.1) is 0 Å². The van der Waals surface area contributed by atoms with Gasteiger partial charge < -0.3 is 10.2 Å². The zero-order valence-corrected chi connectivity index (χ0v) is 14.1. The Morgan fingerprint density at radius 2 is 2.09 bits per heavy atom. The number of carbonyl (C=O) groups excluding carboxylic acids is 2. The second-order valence-corrected chi connectivity index (χ2v) is 6.22. The van der Waals surface area contributed by atoms with Crippen LogP contribution in [0.3, 0.4) is 0 Å². The van der Waals surface area contributed by atoms with Crippen molar-refractivity contribution >= 4 is 11.8 Å². The Bertz CT molecular complexity index is 584. The van der Waals surface area contributed by atoms with E-state index in [0.29, 0.717) is 18.7 Å². The quantitative estimate of drug-likeness (QED) is 0.876. The number of nitrogens with one attached hydrogen (secondary N) is 1. The van der Waals surface area contributed by atoms with Crippen LogP contribution in [0.4, 0.5) is 4.39 Å². The molecule has 0 aromatic heterocycles. The number of carbonyl (C=O) groups is 2. The van der Waals surface area contributed by atoms with Crippen LogP contribution in [0.15, 0.2) is 18.2 Å². The highest BCUT2D eigenvalue weighted by Gasteiger charge is 2.36. The maximum Gasteiger partial charge on any atom is 0.225 e. The van der Waals surface area contributed by atoms with Crippen molar-refractivity contribution in [3.8, 4) is 0 Å². The predicted molar refractivity (Wildman–Crippen MR) is 87.2 cm³/mol. The number of aryl methyl sites for hydroxylation is 1. The number of likely N-dealkylation sites (tertiary alicyclic amines) is 1. The average Bonchev–Trinajstić information content (AvgIpc) is 2.91. The molecular formula is C18H25FN2O2. The van der Waals surface area contributed by atoms with Crippen LogP contribution in [0.1, 0.15) is 44.2 Å². The number of hydrogen-bond acceptors (Lipinski definition) is 2. The topological polar surface area (TPSA) is 49.4 Å². The molecule has 1 atom stereocenters. The third-order valence-corrected chi connectivity index (χ3v) is 4.60. The van der Waals surface area contributed by atoms with Crippen molar-refractivity contribution < 1.29 is 14.0 Å². The van der Waals surface area contributed by atoms with Crippen molar-refractivity contribution in [2.75, 3.05) is 6.54 Å². The summed E-state index contributed by atoms with van der Waals surface area (Å²) >= 11 is 0. The number of nitrogens with zero attached hydrogens (tertiary/aromatic N) is 1. The molecule has 1 aromatic carbocycles. The summed E-state index contributed by atoms with van der Waals surface area (Å²) in [5.74, 6) is -0.572. The second kappa shape index (κ2) is 7.57. The largest absolute Gasteiger partial charge is 0.352 e. The van der Waals surface area contributed by atoms with Crippen LogP contribution >= 0.6 is 0 Å². The molecule has 1 saturated heterocycles. The molecule has 0 aliphatic carbocycles. The molecule has 1 unspecified atom stereocenters. The van der Waals surface area contributed by atoms with Gasteiger partial charge in [0.25, 0.3) is 0 Å². The van der Waals surface area contributed by atoms with Gasteiger partial charge >= 0.3 is 0 Å². The number of rotatable bonds is 6. The highest BCUT2D eigenvalue weighted by Crippen LogP contribution is 2.23. The fourth-order valence-electron chi connectivity index (χ4n) is 3.14. The molecule has 5 heteroatoms. The van der Waals surface area contributed by atoms with Crippen LogP contribution in [0, 0.1) is 18.7 Å². The molecule has 126 valence electrons. The maximum atomic E-state index is 13.2. The average molecular weight is 320 g/mol. The molecule has 4 nitrogen and oxygen atoms in total. The molecule has 0 spiro atoms. The molecule has 1 aliphatic heterocycles. The summed E-state index contributed by atoms with van der Waals surface area (Å²) in [6.07, 6.45) is 2.10. The summed E-state index contributed by atoms with van der Waals surface area (Å²) in [7, 11) is 0. The summed E-state index contributed by atoms with van der Waals surface area (Å²) in [4.78, 5) is 26.2. The van der Waals surface area contributed by atoms with Gasteiger partial charge in [0.05, 0.1) is 5.92 Å². The first-order chi connectivity index (χ1) is 11.0. The number of benzene rings is 1. The van der Waals surface area contributed by atoms with Crippen molar-refractivity contribution in [3.05, 3.63) is 35.1 Å². The van der Waals surface area contributed by atoms with Gasteiger partial charge in [-0.1, -0.05) is 26.0 Å². The molecule has 1 heterocycles. The van der Waals surface area contributed by atoms with Crippen molar-refractivity contribution in [1.29, 1.82) is 0 Å². The van der Waals surface area contributed by atoms with Crippen molar-refractivity contribution in [3.63, 3.8) is 0 Å². The summed E-state index contributed by atoms with van der Waals surface area (Å²) < 4.78 is 13.2. The third kappa shape index (κ3) is 4.09. The Balaban J connectivity index is 1.91. The lowest BCUT2D eigenvalue weighted by molar-refractivity contribution is -0.130. The molecular weight excluding hydrogens is 295 g/mol. The van der Waals surface area contributed by atoms with Gasteiger partial charge in [0.15, 0.2) is 0 Å².